The molecule has 28 heavy (non-hydrogen) atoms. The normalized spacial score (nSPS) is 16.6. The average molecular weight is 421 g/mol. The van der Waals surface area contributed by atoms with Gasteiger partial charge in [-0.25, -0.2) is 8.42 Å². The molecule has 0 aliphatic heterocycles. The summed E-state index contributed by atoms with van der Waals surface area (Å²) in [5, 5.41) is 3.03. The first kappa shape index (κ1) is 20.8. The quantitative estimate of drug-likeness (QED) is 0.751. The van der Waals surface area contributed by atoms with Gasteiger partial charge < -0.3 is 5.32 Å². The summed E-state index contributed by atoms with van der Waals surface area (Å²) in [7, 11) is -3.71. The molecule has 0 spiro atoms. The van der Waals surface area contributed by atoms with E-state index in [2.05, 4.69) is 11.4 Å². The molecule has 1 atom stereocenters. The van der Waals surface area contributed by atoms with Crippen LogP contribution in [0.5, 0.6) is 0 Å². The van der Waals surface area contributed by atoms with Crippen LogP contribution in [0, 0.1) is 0 Å². The van der Waals surface area contributed by atoms with Gasteiger partial charge in [-0.1, -0.05) is 49.7 Å². The smallest absolute Gasteiger partial charge is 0.244 e. The highest BCUT2D eigenvalue weighted by Crippen LogP contribution is 2.33. The van der Waals surface area contributed by atoms with Gasteiger partial charge >= 0.3 is 0 Å². The lowest BCUT2D eigenvalue weighted by atomic mass is 9.82. The molecule has 0 aromatic heterocycles. The Morgan fingerprint density at radius 1 is 1.18 bits per heavy atom. The summed E-state index contributed by atoms with van der Waals surface area (Å²) in [6.45, 7) is 4.26. The van der Waals surface area contributed by atoms with Crippen molar-refractivity contribution in [1.82, 2.24) is 4.31 Å². The molecule has 1 unspecified atom stereocenters. The third-order valence-corrected chi connectivity index (χ3v) is 7.74. The third kappa shape index (κ3) is 4.09. The predicted octanol–water partition coefficient (Wildman–Crippen LogP) is 4.43. The molecule has 0 heterocycles. The second-order valence-electron chi connectivity index (χ2n) is 6.87. The van der Waals surface area contributed by atoms with Crippen molar-refractivity contribution in [2.75, 3.05) is 18.4 Å². The Bertz CT molecular complexity index is 971. The van der Waals surface area contributed by atoms with Gasteiger partial charge in [-0.3, -0.25) is 4.79 Å². The number of sulfonamides is 1. The molecule has 7 heteroatoms. The van der Waals surface area contributed by atoms with E-state index in [-0.39, 0.29) is 21.7 Å². The van der Waals surface area contributed by atoms with Crippen LogP contribution in [0.1, 0.15) is 43.7 Å². The zero-order chi connectivity index (χ0) is 20.3. The van der Waals surface area contributed by atoms with Gasteiger partial charge in [-0.05, 0) is 48.6 Å². The zero-order valence-electron chi connectivity index (χ0n) is 16.1. The van der Waals surface area contributed by atoms with Crippen molar-refractivity contribution in [2.24, 2.45) is 0 Å². The lowest BCUT2D eigenvalue weighted by Gasteiger charge is -2.25. The van der Waals surface area contributed by atoms with Gasteiger partial charge in [0.05, 0.1) is 10.9 Å². The fourth-order valence-corrected chi connectivity index (χ4v) is 5.70. The van der Waals surface area contributed by atoms with Gasteiger partial charge in [0, 0.05) is 18.8 Å². The van der Waals surface area contributed by atoms with Gasteiger partial charge in [0.1, 0.15) is 4.90 Å². The lowest BCUT2D eigenvalue weighted by Crippen LogP contribution is -2.31. The molecule has 2 aromatic carbocycles. The summed E-state index contributed by atoms with van der Waals surface area (Å²) in [5.74, 6) is -0.357. The minimum Gasteiger partial charge on any atom is -0.326 e. The molecule has 150 valence electrons. The number of hydrogen-bond donors (Lipinski definition) is 1. The fourth-order valence-electron chi connectivity index (χ4n) is 3.74. The van der Waals surface area contributed by atoms with E-state index >= 15 is 0 Å². The number of carbonyl (C=O) groups excluding carboxylic acids is 1. The van der Waals surface area contributed by atoms with Crippen molar-refractivity contribution in [2.45, 2.75) is 43.9 Å². The zero-order valence-corrected chi connectivity index (χ0v) is 17.7. The average Bonchev–Trinajstić information content (AvgIpc) is 2.69. The minimum absolute atomic E-state index is 0.0136. The summed E-state index contributed by atoms with van der Waals surface area (Å²) in [6, 6.07) is 12.6. The molecule has 1 aliphatic carbocycles. The van der Waals surface area contributed by atoms with E-state index in [0.717, 1.165) is 24.8 Å². The molecular weight excluding hydrogens is 396 g/mol. The number of hydrogen-bond acceptors (Lipinski definition) is 3. The van der Waals surface area contributed by atoms with Gasteiger partial charge in [0.2, 0.25) is 15.9 Å². The Morgan fingerprint density at radius 2 is 1.89 bits per heavy atom. The molecule has 0 saturated heterocycles. The summed E-state index contributed by atoms with van der Waals surface area (Å²) >= 11 is 6.17. The second kappa shape index (κ2) is 8.64. The van der Waals surface area contributed by atoms with Crippen LogP contribution in [-0.2, 0) is 21.2 Å². The fraction of sp³-hybridized carbons (Fsp3) is 0.381. The number of amides is 1. The summed E-state index contributed by atoms with van der Waals surface area (Å²) in [6.07, 6.45) is 2.71. The van der Waals surface area contributed by atoms with Crippen LogP contribution in [0.25, 0.3) is 0 Å². The highest BCUT2D eigenvalue weighted by Gasteiger charge is 2.28. The van der Waals surface area contributed by atoms with Gasteiger partial charge in [-0.2, -0.15) is 4.31 Å². The first-order valence-electron chi connectivity index (χ1n) is 9.56. The minimum atomic E-state index is -3.71. The molecule has 2 aromatic rings. The number of fused-ring (bicyclic) bond motifs is 1. The van der Waals surface area contributed by atoms with E-state index < -0.39 is 10.0 Å². The molecule has 0 bridgehead atoms. The van der Waals surface area contributed by atoms with Crippen LogP contribution in [0.3, 0.4) is 0 Å². The van der Waals surface area contributed by atoms with Gasteiger partial charge in [-0.15, -0.1) is 0 Å². The molecule has 0 saturated carbocycles. The standard InChI is InChI=1S/C21H25ClN2O3S/c1-3-24(4-2)28(26,27)20-14-16(12-13-19(20)22)23-21(25)18-11-7-9-15-8-5-6-10-17(15)18/h5-6,8,10,12-14,18H,3-4,7,9,11H2,1-2H3,(H,23,25). The van der Waals surface area contributed by atoms with Crippen molar-refractivity contribution in [1.29, 1.82) is 0 Å². The van der Waals surface area contributed by atoms with Crippen molar-refractivity contribution >= 4 is 33.2 Å². The van der Waals surface area contributed by atoms with Crippen LogP contribution in [0.15, 0.2) is 47.4 Å². The Kier molecular flexibility index (Phi) is 6.43. The SMILES string of the molecule is CCN(CC)S(=O)(=O)c1cc(NC(=O)C2CCCc3ccccc32)ccc1Cl. The van der Waals surface area contributed by atoms with E-state index in [4.69, 9.17) is 11.6 Å². The Balaban J connectivity index is 1.87. The van der Waals surface area contributed by atoms with Gasteiger partial charge in [0.15, 0.2) is 0 Å². The molecule has 5 nitrogen and oxygen atoms in total. The maximum absolute atomic E-state index is 12.9. The van der Waals surface area contributed by atoms with Crippen molar-refractivity contribution in [3.8, 4) is 0 Å². The topological polar surface area (TPSA) is 66.5 Å². The number of benzene rings is 2. The van der Waals surface area contributed by atoms with Crippen molar-refractivity contribution in [3.05, 3.63) is 58.6 Å². The molecular formula is C21H25ClN2O3S. The molecule has 0 fully saturated rings. The number of aryl methyl sites for hydroxylation is 1. The number of carbonyl (C=O) groups is 1. The number of nitrogens with one attached hydrogen (secondary N) is 1. The number of rotatable bonds is 6. The highest BCUT2D eigenvalue weighted by molar-refractivity contribution is 7.89. The lowest BCUT2D eigenvalue weighted by molar-refractivity contribution is -0.117. The molecule has 1 N–H and O–H groups in total. The largest absolute Gasteiger partial charge is 0.326 e. The maximum Gasteiger partial charge on any atom is 0.244 e. The number of nitrogens with zero attached hydrogens (tertiary/aromatic N) is 1. The van der Waals surface area contributed by atoms with Crippen LogP contribution in [0.2, 0.25) is 5.02 Å². The number of anilines is 1. The first-order chi connectivity index (χ1) is 13.4. The van der Waals surface area contributed by atoms with Crippen LogP contribution < -0.4 is 5.32 Å². The van der Waals surface area contributed by atoms with E-state index in [1.54, 1.807) is 19.9 Å². The van der Waals surface area contributed by atoms with Crippen LogP contribution in [-0.4, -0.2) is 31.7 Å². The predicted molar refractivity (Wildman–Crippen MR) is 112 cm³/mol. The Morgan fingerprint density at radius 3 is 2.61 bits per heavy atom. The first-order valence-corrected chi connectivity index (χ1v) is 11.4. The van der Waals surface area contributed by atoms with E-state index in [9.17, 15) is 13.2 Å². The second-order valence-corrected chi connectivity index (χ2v) is 9.18. The third-order valence-electron chi connectivity index (χ3n) is 5.21. The maximum atomic E-state index is 12.9. The number of halogens is 1. The molecule has 1 aliphatic rings. The van der Waals surface area contributed by atoms with Crippen molar-refractivity contribution < 1.29 is 13.2 Å². The summed E-state index contributed by atoms with van der Waals surface area (Å²) in [4.78, 5) is 12.9. The van der Waals surface area contributed by atoms with E-state index in [1.165, 1.54) is 22.0 Å². The molecule has 1 amide bonds. The van der Waals surface area contributed by atoms with Gasteiger partial charge in [0.25, 0.3) is 0 Å². The molecule has 3 rings (SSSR count). The summed E-state index contributed by atoms with van der Waals surface area (Å²) in [5.41, 5.74) is 2.69. The van der Waals surface area contributed by atoms with E-state index in [1.807, 2.05) is 18.2 Å². The highest BCUT2D eigenvalue weighted by atomic mass is 35.5. The Labute approximate surface area is 171 Å². The molecule has 0 radical (unpaired) electrons. The Hall–Kier alpha value is -1.89. The van der Waals surface area contributed by atoms with E-state index in [0.29, 0.717) is 18.8 Å². The van der Waals surface area contributed by atoms with Crippen LogP contribution in [0.4, 0.5) is 5.69 Å². The van der Waals surface area contributed by atoms with Crippen LogP contribution >= 0.6 is 11.6 Å². The summed E-state index contributed by atoms with van der Waals surface area (Å²) < 4.78 is 27.0. The van der Waals surface area contributed by atoms with Crippen molar-refractivity contribution in [3.63, 3.8) is 0 Å². The monoisotopic (exact) mass is 420 g/mol.